The monoisotopic (exact) mass is 2740 g/mol. The average molecular weight is 2740 g/mol. The summed E-state index contributed by atoms with van der Waals surface area (Å²) < 4.78 is 56.9. The second kappa shape index (κ2) is 59.2. The molecule has 6 aromatic heterocycles. The van der Waals surface area contributed by atoms with Crippen molar-refractivity contribution in [2.75, 3.05) is 66.8 Å². The molecule has 0 spiro atoms. The Morgan fingerprint density at radius 1 is 0.304 bits per heavy atom. The molecule has 5 aliphatic rings. The molecule has 16 nitrogen and oxygen atoms in total. The quantitative estimate of drug-likeness (QED) is 0.0905. The second-order valence-corrected chi connectivity index (χ2v) is 29.9. The van der Waals surface area contributed by atoms with Crippen molar-refractivity contribution in [1.82, 2.24) is 49.4 Å². The summed E-state index contributed by atoms with van der Waals surface area (Å²) in [6, 6.07) is 128. The van der Waals surface area contributed by atoms with Gasteiger partial charge in [-0.25, -0.2) is 11.3 Å². The normalized spacial score (nSPS) is 12.3. The van der Waals surface area contributed by atoms with Gasteiger partial charge in [0.15, 0.2) is 0 Å². The van der Waals surface area contributed by atoms with Crippen LogP contribution in [0.25, 0.3) is 77.3 Å². The molecule has 5 aliphatic heterocycles. The largest absolute Gasteiger partial charge is 3.00 e. The molecule has 0 radical (unpaired) electrons. The number of pyridine rings is 5. The molecule has 11 aromatic carbocycles. The van der Waals surface area contributed by atoms with Crippen LogP contribution in [0.2, 0.25) is 0 Å². The van der Waals surface area contributed by atoms with Crippen LogP contribution in [0.15, 0.2) is 408 Å². The number of aromatic nitrogens is 5. The minimum Gasteiger partial charge on any atom is -0.510 e. The first-order chi connectivity index (χ1) is 65.1. The standard InChI is InChI=1S/2C15H10N.C12H8F2NO.C11H6F2N.5C10H10N2.C9H6NS.3Ir.2Pt/c1-2-6-12(7-3-1)15-10-13-8-4-5-9-14(13)11-16-15;1-2-6-12(7-3-1)15-11-10-13-8-4-5-9-14(13)16-15;1-16-9-4-5-15-12(7-9)10-3-2-8(13)6-11(10)14;12-8-4-5-9(10(13)7-8)11-3-1-2-6-14-11;5*1-11-7-8-12(9-11)10-5-3-2-4-6-10;1-2-6-10-8(4-1)9-5-3-7-11-9;;;;;/h2*1-6,8-11H;2,4-7H,1H3;1-4,6-7H;5*2-5,7-9H,1H3;1-4,6-7H;;;;;/q4*-1;5*-2;-1;3*+3;;. The van der Waals surface area contributed by atoms with E-state index in [9.17, 15) is 17.6 Å². The van der Waals surface area contributed by atoms with Crippen LogP contribution in [0.1, 0.15) is 0 Å². The van der Waals surface area contributed by atoms with Gasteiger partial charge >= 0.3 is 60.3 Å². The van der Waals surface area contributed by atoms with E-state index in [0.29, 0.717) is 17.1 Å². The zero-order chi connectivity index (χ0) is 92.6. The first-order valence-electron chi connectivity index (χ1n) is 41.8. The first kappa shape index (κ1) is 110. The predicted octanol–water partition coefficient (Wildman–Crippen LogP) is 24.8. The van der Waals surface area contributed by atoms with Gasteiger partial charge in [-0.1, -0.05) is 113 Å². The van der Waals surface area contributed by atoms with E-state index in [-0.39, 0.29) is 114 Å². The molecule has 0 amide bonds. The summed E-state index contributed by atoms with van der Waals surface area (Å²) in [6.07, 6.45) is 26.8. The van der Waals surface area contributed by atoms with Crippen molar-refractivity contribution in [3.8, 4) is 61.4 Å². The van der Waals surface area contributed by atoms with E-state index in [4.69, 9.17) is 4.74 Å². The molecule has 0 aliphatic carbocycles. The van der Waals surface area contributed by atoms with Gasteiger partial charge in [-0.15, -0.1) is 130 Å². The molecule has 0 saturated carbocycles. The fraction of sp³-hybridized carbons (Fsp3) is 0.0536. The van der Waals surface area contributed by atoms with E-state index in [1.807, 2.05) is 422 Å². The summed E-state index contributed by atoms with van der Waals surface area (Å²) in [6.45, 7) is 10.0. The number of anilines is 5. The summed E-state index contributed by atoms with van der Waals surface area (Å²) in [5.41, 5.74) is 12.5. The number of halogens is 4. The molecule has 11 heterocycles. The summed E-state index contributed by atoms with van der Waals surface area (Å²) in [5, 5.41) is 5.55. The minimum atomic E-state index is -0.694. The molecule has 0 fully saturated rings. The average Bonchev–Trinajstić information content (AvgIpc) is 1.77. The zero-order valence-corrected chi connectivity index (χ0v) is 87.8. The number of para-hydroxylation sites is 6. The Kier molecular flexibility index (Phi) is 47.3. The molecule has 706 valence electrons. The maximum atomic E-state index is 13.4. The number of fused-ring (bicyclic) bond motifs is 2. The van der Waals surface area contributed by atoms with Crippen LogP contribution in [0, 0.1) is 117 Å². The smallest absolute Gasteiger partial charge is 0.510 e. The van der Waals surface area contributed by atoms with E-state index in [2.05, 4.69) is 116 Å². The van der Waals surface area contributed by atoms with Crippen molar-refractivity contribution in [2.45, 2.75) is 0 Å². The van der Waals surface area contributed by atoms with Crippen LogP contribution < -0.4 is 29.2 Å². The first-order valence-corrected chi connectivity index (χ1v) is 42.7. The van der Waals surface area contributed by atoms with Gasteiger partial charge in [0.25, 0.3) is 0 Å². The third-order valence-electron chi connectivity index (χ3n) is 19.1. The third kappa shape index (κ3) is 34.9. The topological polar surface area (TPSA) is 106 Å². The molecule has 0 unspecified atom stereocenters. The Labute approximate surface area is 880 Å². The van der Waals surface area contributed by atoms with Crippen molar-refractivity contribution >= 4 is 61.4 Å². The molecule has 138 heavy (non-hydrogen) atoms. The van der Waals surface area contributed by atoms with Gasteiger partial charge in [-0.3, -0.25) is 22.5 Å². The molecule has 17 aromatic rings. The van der Waals surface area contributed by atoms with E-state index >= 15 is 0 Å². The Hall–Kier alpha value is -13.1. The summed E-state index contributed by atoms with van der Waals surface area (Å²) in [7, 11) is 11.5. The van der Waals surface area contributed by atoms with Crippen molar-refractivity contribution in [2.24, 2.45) is 0 Å². The number of hydrogen-bond donors (Lipinski definition) is 0. The maximum Gasteiger partial charge on any atom is 3.00 e. The zero-order valence-electron chi connectivity index (χ0n) is 75.2. The SMILES string of the molecule is CN1C=CN(c2[c-]cccc2)[CH-]1.CN1C=CN(c2[c-]cccc2)[CH-]1.CN1C=CN(c2[c-]cccc2)[CH-]1.CN1C=CN(c2[c-]cccc2)[CH-]1.CN1C=CN(c2[c-]cccc2)[CH-]1.COc1ccnc(-c2[c-]cc(F)cc2F)c1.Fc1c[c-]c(-c2ccccn2)c(F)c1.[Ir+3].[Ir+3].[Ir+3].[Pt].[Pt].[c-]1ccccc1-c1cc2ccccc2cn1.[c-]1ccccc1-c1ccc2ccccc2n1.[c-]1ccsc1-c1ccccn1. The van der Waals surface area contributed by atoms with E-state index in [1.165, 1.54) is 29.5 Å². The number of thiophene rings is 1. The van der Waals surface area contributed by atoms with Gasteiger partial charge in [-0.05, 0) is 172 Å². The Morgan fingerprint density at radius 2 is 0.674 bits per heavy atom. The van der Waals surface area contributed by atoms with E-state index < -0.39 is 23.3 Å². The number of methoxy groups -OCH3 is 1. The van der Waals surface area contributed by atoms with Gasteiger partial charge in [0.05, 0.1) is 12.6 Å². The molecular weight excluding hydrogens is 2650 g/mol. The van der Waals surface area contributed by atoms with Crippen LogP contribution >= 0.6 is 11.3 Å². The van der Waals surface area contributed by atoms with Crippen LogP contribution in [-0.4, -0.2) is 91.8 Å². The molecule has 0 N–H and O–H groups in total. The van der Waals surface area contributed by atoms with Crippen molar-refractivity contribution in [3.05, 3.63) is 525 Å². The van der Waals surface area contributed by atoms with Crippen LogP contribution in [0.3, 0.4) is 0 Å². The van der Waals surface area contributed by atoms with Crippen LogP contribution in [0.5, 0.6) is 5.75 Å². The van der Waals surface area contributed by atoms with Crippen LogP contribution in [0.4, 0.5) is 46.0 Å². The Balaban J connectivity index is 0.000000188. The third-order valence-corrected chi connectivity index (χ3v) is 20.0. The van der Waals surface area contributed by atoms with E-state index in [0.717, 1.165) is 91.3 Å². The number of benzene rings is 11. The summed E-state index contributed by atoms with van der Waals surface area (Å²) in [5.74, 6) is -2.09. The van der Waals surface area contributed by atoms with Gasteiger partial charge in [0.2, 0.25) is 0 Å². The molecular formula is C112H90F4Ir3N15OPt2S-6. The van der Waals surface area contributed by atoms with Gasteiger partial charge < -0.3 is 73.7 Å². The fourth-order valence-corrected chi connectivity index (χ4v) is 13.2. The number of nitrogens with zero attached hydrogens (tertiary/aromatic N) is 15. The fourth-order valence-electron chi connectivity index (χ4n) is 12.6. The molecule has 0 bridgehead atoms. The Bertz CT molecular complexity index is 6050. The summed E-state index contributed by atoms with van der Waals surface area (Å²) in [4.78, 5) is 42.4. The van der Waals surface area contributed by atoms with E-state index in [1.54, 1.807) is 54.1 Å². The molecule has 0 saturated heterocycles. The van der Waals surface area contributed by atoms with Crippen molar-refractivity contribution < 1.29 is 125 Å². The molecule has 26 heteroatoms. The van der Waals surface area contributed by atoms with Gasteiger partial charge in [0, 0.05) is 90.2 Å². The minimum absolute atomic E-state index is 0. The second-order valence-electron chi connectivity index (χ2n) is 29.0. The molecule has 22 rings (SSSR count). The predicted molar refractivity (Wildman–Crippen MR) is 527 cm³/mol. The number of rotatable bonds is 11. The van der Waals surface area contributed by atoms with Crippen molar-refractivity contribution in [3.63, 3.8) is 0 Å². The van der Waals surface area contributed by atoms with Crippen molar-refractivity contribution in [1.29, 1.82) is 0 Å². The van der Waals surface area contributed by atoms with Gasteiger partial charge in [0.1, 0.15) is 5.75 Å². The summed E-state index contributed by atoms with van der Waals surface area (Å²) >= 11 is 1.66. The van der Waals surface area contributed by atoms with Crippen LogP contribution in [-0.2, 0) is 102 Å². The number of ether oxygens (including phenoxy) is 1. The maximum absolute atomic E-state index is 13.4. The molecule has 0 atom stereocenters. The Morgan fingerprint density at radius 3 is 1.04 bits per heavy atom. The van der Waals surface area contributed by atoms with Gasteiger partial charge in [-0.2, -0.15) is 197 Å². The number of hydrogen-bond acceptors (Lipinski definition) is 17.